The van der Waals surface area contributed by atoms with Crippen molar-refractivity contribution < 1.29 is 33.2 Å². The Bertz CT molecular complexity index is 15.5. The van der Waals surface area contributed by atoms with Crippen molar-refractivity contribution >= 4 is 8.60 Å². The minimum absolute atomic E-state index is 0. The van der Waals surface area contributed by atoms with Crippen LogP contribution in [0, 0.1) is 0 Å². The summed E-state index contributed by atoms with van der Waals surface area (Å²) in [6.45, 7) is 0. The van der Waals surface area contributed by atoms with E-state index < -0.39 is 8.60 Å². The van der Waals surface area contributed by atoms with Crippen molar-refractivity contribution in [3.8, 4) is 0 Å². The van der Waals surface area contributed by atoms with E-state index in [1.165, 1.54) is 0 Å². The third-order valence-electron chi connectivity index (χ3n) is 0. The van der Waals surface area contributed by atoms with Crippen LogP contribution >= 0.6 is 8.60 Å². The molecule has 0 unspecified atom stereocenters. The Labute approximate surface area is 42.6 Å². The van der Waals surface area contributed by atoms with Gasteiger partial charge in [0.25, 0.3) is 0 Å². The SMILES string of the molecule is [Cu+].[H+].[O-]P([O-])[O-]. The normalized spacial score (nSPS) is 7.20. The molecule has 5 heavy (non-hydrogen) atoms. The van der Waals surface area contributed by atoms with Gasteiger partial charge < -0.3 is 23.3 Å². The molecule has 5 heteroatoms. The van der Waals surface area contributed by atoms with Crippen molar-refractivity contribution in [1.29, 1.82) is 0 Å². The van der Waals surface area contributed by atoms with Crippen molar-refractivity contribution in [3.63, 3.8) is 0 Å². The number of hydrogen-bond donors (Lipinski definition) is 0. The molecule has 0 bridgehead atoms. The average Bonchev–Trinajstić information content (AvgIpc) is 0.811. The smallest absolute Gasteiger partial charge is 0.854 e. The molecule has 0 aliphatic carbocycles. The molecule has 0 radical (unpaired) electrons. The molecule has 0 aliphatic rings. The molecule has 0 N–H and O–H groups in total. The molecule has 0 amide bonds. The maximum atomic E-state index is 8.48. The summed E-state index contributed by atoms with van der Waals surface area (Å²) in [5.74, 6) is 0. The topological polar surface area (TPSA) is 69.2 Å². The number of rotatable bonds is 0. The van der Waals surface area contributed by atoms with Crippen molar-refractivity contribution in [2.24, 2.45) is 0 Å². The minimum atomic E-state index is -3.37. The van der Waals surface area contributed by atoms with E-state index in [1.807, 2.05) is 0 Å². The Morgan fingerprint density at radius 2 is 1.20 bits per heavy atom. The van der Waals surface area contributed by atoms with Crippen LogP contribution in [0.15, 0.2) is 0 Å². The predicted molar refractivity (Wildman–Crippen MR) is 8.03 cm³/mol. The molecule has 0 aromatic carbocycles. The fourth-order valence-electron chi connectivity index (χ4n) is 0. The first kappa shape index (κ1) is 9.27. The van der Waals surface area contributed by atoms with Crippen LogP contribution in [0.3, 0.4) is 0 Å². The molecule has 0 aromatic rings. The third kappa shape index (κ3) is 56.2. The van der Waals surface area contributed by atoms with Gasteiger partial charge in [0.15, 0.2) is 0 Å². The molecule has 0 aliphatic heterocycles. The van der Waals surface area contributed by atoms with Crippen molar-refractivity contribution in [1.82, 2.24) is 0 Å². The van der Waals surface area contributed by atoms with E-state index in [1.54, 1.807) is 0 Å². The van der Waals surface area contributed by atoms with Crippen LogP contribution in [0.5, 0.6) is 0 Å². The standard InChI is InChI=1S/Cu.O3P/c;1-4(2)3/q+1;-3/p+1. The minimum Gasteiger partial charge on any atom is -0.854 e. The van der Waals surface area contributed by atoms with Gasteiger partial charge in [0, 0.05) is 0 Å². The molecule has 3 nitrogen and oxygen atoms in total. The molecule has 0 rings (SSSR count). The van der Waals surface area contributed by atoms with Crippen LogP contribution in [0.2, 0.25) is 0 Å². The van der Waals surface area contributed by atoms with Gasteiger partial charge in [0.05, 0.1) is 0 Å². The van der Waals surface area contributed by atoms with E-state index in [9.17, 15) is 0 Å². The summed E-state index contributed by atoms with van der Waals surface area (Å²) in [6, 6.07) is 0. The Morgan fingerprint density at radius 3 is 1.20 bits per heavy atom. The van der Waals surface area contributed by atoms with E-state index in [2.05, 4.69) is 0 Å². The van der Waals surface area contributed by atoms with Gasteiger partial charge in [-0.1, -0.05) is 0 Å². The van der Waals surface area contributed by atoms with Gasteiger partial charge in [-0.05, 0) is 0 Å². The van der Waals surface area contributed by atoms with Crippen molar-refractivity contribution in [2.75, 3.05) is 0 Å². The summed E-state index contributed by atoms with van der Waals surface area (Å²) in [4.78, 5) is 25.4. The van der Waals surface area contributed by atoms with Gasteiger partial charge in [0.2, 0.25) is 0 Å². The third-order valence-corrected chi connectivity index (χ3v) is 0. The molecule has 0 spiro atoms. The molecule has 0 atom stereocenters. The van der Waals surface area contributed by atoms with Gasteiger partial charge in [-0.25, -0.2) is 0 Å². The van der Waals surface area contributed by atoms with Crippen LogP contribution in [-0.2, 0) is 17.1 Å². The summed E-state index contributed by atoms with van der Waals surface area (Å²) in [5, 5.41) is 0. The molecule has 0 heterocycles. The zero-order valence-corrected chi connectivity index (χ0v) is 3.81. The quantitative estimate of drug-likeness (QED) is 0.276. The van der Waals surface area contributed by atoms with Gasteiger partial charge in [-0.2, -0.15) is 0 Å². The summed E-state index contributed by atoms with van der Waals surface area (Å²) in [7, 11) is -3.37. The fraction of sp³-hybridized carbons (Fsp3) is 0. The number of hydrogen-bond acceptors (Lipinski definition) is 3. The van der Waals surface area contributed by atoms with Gasteiger partial charge in [-0.15, -0.1) is 0 Å². The van der Waals surface area contributed by atoms with Crippen LogP contribution in [0.25, 0.3) is 0 Å². The zero-order chi connectivity index (χ0) is 3.58. The Kier molecular flexibility index (Phi) is 8.96. The average molecular weight is 144 g/mol. The molecule has 36 valence electrons. The molecule has 0 saturated heterocycles. The first-order valence-corrected chi connectivity index (χ1v) is 1.64. The predicted octanol–water partition coefficient (Wildman–Crippen LogP) is -2.60. The van der Waals surface area contributed by atoms with Gasteiger partial charge in [0.1, 0.15) is 0 Å². The zero-order valence-electron chi connectivity index (χ0n) is 2.97. The monoisotopic (exact) mass is 143 g/mol. The maximum Gasteiger partial charge on any atom is 1.00 e. The maximum absolute atomic E-state index is 8.48. The second-order valence-electron chi connectivity index (χ2n) is 0.224. The van der Waals surface area contributed by atoms with Crippen LogP contribution in [0.4, 0.5) is 0 Å². The van der Waals surface area contributed by atoms with E-state index >= 15 is 0 Å². The second kappa shape index (κ2) is 4.83. The Morgan fingerprint density at radius 1 is 1.20 bits per heavy atom. The summed E-state index contributed by atoms with van der Waals surface area (Å²) in [5.41, 5.74) is 0. The van der Waals surface area contributed by atoms with E-state index in [4.69, 9.17) is 14.7 Å². The van der Waals surface area contributed by atoms with Crippen LogP contribution in [-0.4, -0.2) is 0 Å². The first-order valence-electron chi connectivity index (χ1n) is 0.548. The summed E-state index contributed by atoms with van der Waals surface area (Å²) in [6.07, 6.45) is 0. The van der Waals surface area contributed by atoms with Crippen LogP contribution < -0.4 is 14.7 Å². The summed E-state index contributed by atoms with van der Waals surface area (Å²) >= 11 is 0. The van der Waals surface area contributed by atoms with Crippen molar-refractivity contribution in [2.45, 2.75) is 0 Å². The molecular formula is HCuO3P-. The Hall–Kier alpha value is 0.829. The van der Waals surface area contributed by atoms with Gasteiger partial charge >= 0.3 is 18.5 Å². The van der Waals surface area contributed by atoms with E-state index in [0.29, 0.717) is 0 Å². The van der Waals surface area contributed by atoms with Gasteiger partial charge in [-0.3, -0.25) is 0 Å². The molecule has 0 saturated carbocycles. The Balaban J connectivity index is -0.0000000450. The van der Waals surface area contributed by atoms with Crippen molar-refractivity contribution in [3.05, 3.63) is 0 Å². The molecule has 0 fully saturated rings. The fourth-order valence-corrected chi connectivity index (χ4v) is 0. The second-order valence-corrected chi connectivity index (χ2v) is 0.671. The first-order chi connectivity index (χ1) is 1.73. The van der Waals surface area contributed by atoms with Crippen LogP contribution in [0.1, 0.15) is 1.43 Å². The molecule has 0 aromatic heterocycles. The summed E-state index contributed by atoms with van der Waals surface area (Å²) < 4.78 is 0. The van der Waals surface area contributed by atoms with E-state index in [0.717, 1.165) is 0 Å². The molecular weight excluding hydrogens is 143 g/mol. The van der Waals surface area contributed by atoms with E-state index in [-0.39, 0.29) is 18.5 Å². The largest absolute Gasteiger partial charge is 1.00 e.